The summed E-state index contributed by atoms with van der Waals surface area (Å²) in [5.41, 5.74) is 1.74. The number of carbonyl (C=O) groups is 1. The Morgan fingerprint density at radius 1 is 1.35 bits per heavy atom. The van der Waals surface area contributed by atoms with Crippen molar-refractivity contribution in [2.24, 2.45) is 0 Å². The molecule has 5 nitrogen and oxygen atoms in total. The highest BCUT2D eigenvalue weighted by atomic mass is 35.5. The highest BCUT2D eigenvalue weighted by Gasteiger charge is 2.17. The zero-order valence-electron chi connectivity index (χ0n) is 14.8. The number of hydrogen-bond donors (Lipinski definition) is 2. The van der Waals surface area contributed by atoms with E-state index in [1.54, 1.807) is 16.8 Å². The number of carbonyl (C=O) groups excluding carboxylic acids is 1. The Balaban J connectivity index is 0.00000243. The molecule has 3 rings (SSSR count). The van der Waals surface area contributed by atoms with Gasteiger partial charge in [0.1, 0.15) is 12.4 Å². The average molecular weight is 381 g/mol. The minimum atomic E-state index is -0.185. The first-order valence-electron chi connectivity index (χ1n) is 8.96. The van der Waals surface area contributed by atoms with Crippen molar-refractivity contribution in [3.05, 3.63) is 53.6 Å². The van der Waals surface area contributed by atoms with Crippen LogP contribution in [-0.4, -0.2) is 35.3 Å². The lowest BCUT2D eigenvalue weighted by molar-refractivity contribution is -0.121. The molecule has 1 aromatic carbocycles. The van der Waals surface area contributed by atoms with Gasteiger partial charge in [-0.05, 0) is 49.9 Å². The van der Waals surface area contributed by atoms with Crippen molar-refractivity contribution in [2.75, 3.05) is 19.6 Å². The molecule has 0 radical (unpaired) electrons. The van der Waals surface area contributed by atoms with Crippen molar-refractivity contribution in [3.63, 3.8) is 0 Å². The first-order valence-corrected chi connectivity index (χ1v) is 8.96. The molecule has 0 bridgehead atoms. The molecule has 1 fully saturated rings. The Hall–Kier alpha value is -1.92. The molecule has 0 aliphatic carbocycles. The summed E-state index contributed by atoms with van der Waals surface area (Å²) in [7, 11) is 0. The monoisotopic (exact) mass is 380 g/mol. The van der Waals surface area contributed by atoms with E-state index in [-0.39, 0.29) is 30.7 Å². The van der Waals surface area contributed by atoms with Crippen LogP contribution in [0.1, 0.15) is 36.4 Å². The number of rotatable bonds is 7. The summed E-state index contributed by atoms with van der Waals surface area (Å²) in [6, 6.07) is 8.76. The Morgan fingerprint density at radius 2 is 2.19 bits per heavy atom. The van der Waals surface area contributed by atoms with E-state index in [0.29, 0.717) is 30.9 Å². The van der Waals surface area contributed by atoms with Gasteiger partial charge in [0.15, 0.2) is 0 Å². The van der Waals surface area contributed by atoms with Crippen LogP contribution in [0.2, 0.25) is 0 Å². The van der Waals surface area contributed by atoms with Crippen LogP contribution in [0.25, 0.3) is 0 Å². The van der Waals surface area contributed by atoms with Gasteiger partial charge in [-0.2, -0.15) is 5.10 Å². The van der Waals surface area contributed by atoms with Gasteiger partial charge < -0.3 is 10.6 Å². The molecular weight excluding hydrogens is 355 g/mol. The lowest BCUT2D eigenvalue weighted by Crippen LogP contribution is -2.30. The van der Waals surface area contributed by atoms with E-state index in [1.807, 2.05) is 18.3 Å². The molecule has 1 aliphatic rings. The lowest BCUT2D eigenvalue weighted by atomic mass is 9.97. The quantitative estimate of drug-likeness (QED) is 0.726. The maximum Gasteiger partial charge on any atom is 0.241 e. The lowest BCUT2D eigenvalue weighted by Gasteiger charge is -2.20. The number of halogens is 2. The predicted octanol–water partition coefficient (Wildman–Crippen LogP) is 2.66. The minimum Gasteiger partial charge on any atom is -0.354 e. The van der Waals surface area contributed by atoms with Crippen molar-refractivity contribution in [3.8, 4) is 0 Å². The molecule has 1 unspecified atom stereocenters. The van der Waals surface area contributed by atoms with Crippen LogP contribution in [-0.2, 0) is 17.8 Å². The standard InChI is InChI=1S/C19H25FN4O.ClH/c20-17-8-2-1-5-15(17)6-4-11-22-19(25)14-24-12-9-18(23-24)16-7-3-10-21-13-16;/h1-2,5,8-9,12,16,21H,3-4,6-7,10-11,13-14H2,(H,22,25);1H. The third-order valence-corrected chi connectivity index (χ3v) is 4.58. The maximum absolute atomic E-state index is 13.5. The molecule has 1 amide bonds. The van der Waals surface area contributed by atoms with Crippen molar-refractivity contribution in [2.45, 2.75) is 38.1 Å². The fourth-order valence-corrected chi connectivity index (χ4v) is 3.20. The number of nitrogens with zero attached hydrogens (tertiary/aromatic N) is 2. The van der Waals surface area contributed by atoms with Gasteiger partial charge >= 0.3 is 0 Å². The number of piperidine rings is 1. The van der Waals surface area contributed by atoms with Crippen LogP contribution in [0.15, 0.2) is 36.5 Å². The maximum atomic E-state index is 13.5. The molecule has 26 heavy (non-hydrogen) atoms. The largest absolute Gasteiger partial charge is 0.354 e. The van der Waals surface area contributed by atoms with Gasteiger partial charge in [0, 0.05) is 25.2 Å². The van der Waals surface area contributed by atoms with Gasteiger partial charge in [-0.25, -0.2) is 4.39 Å². The highest BCUT2D eigenvalue weighted by molar-refractivity contribution is 5.85. The number of aromatic nitrogens is 2. The number of amides is 1. The van der Waals surface area contributed by atoms with E-state index in [0.717, 1.165) is 25.2 Å². The number of aryl methyl sites for hydroxylation is 1. The molecule has 2 N–H and O–H groups in total. The summed E-state index contributed by atoms with van der Waals surface area (Å²) in [4.78, 5) is 12.0. The van der Waals surface area contributed by atoms with Crippen LogP contribution < -0.4 is 10.6 Å². The van der Waals surface area contributed by atoms with E-state index in [9.17, 15) is 9.18 Å². The van der Waals surface area contributed by atoms with Crippen LogP contribution in [0.4, 0.5) is 4.39 Å². The molecular formula is C19H26ClFN4O. The summed E-state index contributed by atoms with van der Waals surface area (Å²) >= 11 is 0. The number of hydrogen-bond acceptors (Lipinski definition) is 3. The Morgan fingerprint density at radius 3 is 2.96 bits per heavy atom. The van der Waals surface area contributed by atoms with Gasteiger partial charge in [0.05, 0.1) is 5.69 Å². The molecule has 1 aromatic heterocycles. The van der Waals surface area contributed by atoms with Crippen molar-refractivity contribution >= 4 is 18.3 Å². The number of benzene rings is 1. The Kier molecular flexibility index (Phi) is 8.06. The summed E-state index contributed by atoms with van der Waals surface area (Å²) in [5, 5.41) is 10.8. The molecule has 0 spiro atoms. The molecule has 2 heterocycles. The number of nitrogens with one attached hydrogen (secondary N) is 2. The normalized spacial score (nSPS) is 16.7. The Bertz CT molecular complexity index is 700. The van der Waals surface area contributed by atoms with Crippen molar-refractivity contribution in [1.82, 2.24) is 20.4 Å². The molecule has 7 heteroatoms. The van der Waals surface area contributed by atoms with E-state index in [1.165, 1.54) is 12.5 Å². The molecule has 1 saturated heterocycles. The first kappa shape index (κ1) is 20.4. The van der Waals surface area contributed by atoms with Gasteiger partial charge in [-0.3, -0.25) is 9.48 Å². The van der Waals surface area contributed by atoms with Crippen molar-refractivity contribution < 1.29 is 9.18 Å². The second kappa shape index (κ2) is 10.3. The summed E-state index contributed by atoms with van der Waals surface area (Å²) in [6.07, 6.45) is 5.51. The van der Waals surface area contributed by atoms with Crippen LogP contribution in [0.5, 0.6) is 0 Å². The highest BCUT2D eigenvalue weighted by Crippen LogP contribution is 2.21. The fraction of sp³-hybridized carbons (Fsp3) is 0.474. The second-order valence-corrected chi connectivity index (χ2v) is 6.53. The van der Waals surface area contributed by atoms with Gasteiger partial charge in [-0.15, -0.1) is 12.4 Å². The zero-order chi connectivity index (χ0) is 17.5. The summed E-state index contributed by atoms with van der Waals surface area (Å²) < 4.78 is 15.2. The Labute approximate surface area is 159 Å². The molecule has 2 aromatic rings. The smallest absolute Gasteiger partial charge is 0.241 e. The van der Waals surface area contributed by atoms with Gasteiger partial charge in [0.25, 0.3) is 0 Å². The van der Waals surface area contributed by atoms with E-state index < -0.39 is 0 Å². The van der Waals surface area contributed by atoms with Gasteiger partial charge in [0.2, 0.25) is 5.91 Å². The minimum absolute atomic E-state index is 0. The topological polar surface area (TPSA) is 59.0 Å². The fourth-order valence-electron chi connectivity index (χ4n) is 3.20. The zero-order valence-corrected chi connectivity index (χ0v) is 15.6. The van der Waals surface area contributed by atoms with Gasteiger partial charge in [-0.1, -0.05) is 18.2 Å². The van der Waals surface area contributed by atoms with E-state index >= 15 is 0 Å². The van der Waals surface area contributed by atoms with E-state index in [2.05, 4.69) is 15.7 Å². The molecule has 0 saturated carbocycles. The summed E-state index contributed by atoms with van der Waals surface area (Å²) in [6.45, 7) is 2.79. The average Bonchev–Trinajstić information content (AvgIpc) is 3.09. The first-order chi connectivity index (χ1) is 12.2. The molecule has 1 aliphatic heterocycles. The van der Waals surface area contributed by atoms with E-state index in [4.69, 9.17) is 0 Å². The third-order valence-electron chi connectivity index (χ3n) is 4.58. The SMILES string of the molecule is Cl.O=C(Cn1ccc(C2CCCNC2)n1)NCCCc1ccccc1F. The predicted molar refractivity (Wildman–Crippen MR) is 102 cm³/mol. The van der Waals surface area contributed by atoms with Crippen LogP contribution >= 0.6 is 12.4 Å². The molecule has 1 atom stereocenters. The van der Waals surface area contributed by atoms with Crippen LogP contribution in [0.3, 0.4) is 0 Å². The second-order valence-electron chi connectivity index (χ2n) is 6.53. The third kappa shape index (κ3) is 5.81. The van der Waals surface area contributed by atoms with Crippen molar-refractivity contribution in [1.29, 1.82) is 0 Å². The molecule has 142 valence electrons. The summed E-state index contributed by atoms with van der Waals surface area (Å²) in [5.74, 6) is 0.193. The van der Waals surface area contributed by atoms with Crippen LogP contribution in [0, 0.1) is 5.82 Å².